The second kappa shape index (κ2) is 7.52. The molecule has 0 fully saturated rings. The highest BCUT2D eigenvalue weighted by atomic mass is 16.5. The number of nitrogens with zero attached hydrogens (tertiary/aromatic N) is 3. The summed E-state index contributed by atoms with van der Waals surface area (Å²) in [5, 5.41) is 19.1. The summed E-state index contributed by atoms with van der Waals surface area (Å²) >= 11 is 0. The molecule has 2 aromatic heterocycles. The monoisotopic (exact) mass is 351 g/mol. The number of aromatic carboxylic acids is 1. The maximum atomic E-state index is 11.3. The molecule has 0 amide bonds. The van der Waals surface area contributed by atoms with Crippen LogP contribution in [0.5, 0.6) is 11.6 Å². The summed E-state index contributed by atoms with van der Waals surface area (Å²) < 4.78 is 5.09. The van der Waals surface area contributed by atoms with Gasteiger partial charge in [0, 0.05) is 18.1 Å². The van der Waals surface area contributed by atoms with Gasteiger partial charge in [-0.3, -0.25) is 4.98 Å². The Balaban J connectivity index is 2.07. The van der Waals surface area contributed by atoms with Crippen molar-refractivity contribution in [3.05, 3.63) is 72.1 Å². The number of rotatable bonds is 6. The van der Waals surface area contributed by atoms with Crippen LogP contribution in [-0.2, 0) is 6.54 Å². The number of benzene rings is 1. The van der Waals surface area contributed by atoms with E-state index in [1.165, 1.54) is 19.2 Å². The van der Waals surface area contributed by atoms with E-state index in [1.807, 2.05) is 17.0 Å². The van der Waals surface area contributed by atoms with Crippen LogP contribution in [0.1, 0.15) is 15.9 Å². The quantitative estimate of drug-likeness (QED) is 0.704. The van der Waals surface area contributed by atoms with Crippen LogP contribution in [0.25, 0.3) is 0 Å². The van der Waals surface area contributed by atoms with Crippen LogP contribution in [0.3, 0.4) is 0 Å². The van der Waals surface area contributed by atoms with Crippen molar-refractivity contribution in [2.75, 3.05) is 12.0 Å². The molecule has 132 valence electrons. The molecule has 7 heteroatoms. The van der Waals surface area contributed by atoms with E-state index in [2.05, 4.69) is 9.97 Å². The maximum Gasteiger partial charge on any atom is 0.335 e. The molecular formula is C19H17N3O4. The lowest BCUT2D eigenvalue weighted by Crippen LogP contribution is -2.18. The number of ether oxygens (including phenoxy) is 1. The minimum Gasteiger partial charge on any atom is -0.503 e. The first kappa shape index (κ1) is 17.2. The Morgan fingerprint density at radius 3 is 2.73 bits per heavy atom. The largest absolute Gasteiger partial charge is 0.503 e. The van der Waals surface area contributed by atoms with Crippen molar-refractivity contribution in [1.29, 1.82) is 0 Å². The zero-order valence-electron chi connectivity index (χ0n) is 14.0. The van der Waals surface area contributed by atoms with Gasteiger partial charge in [-0.2, -0.15) is 4.98 Å². The molecule has 0 saturated heterocycles. The third-order valence-corrected chi connectivity index (χ3v) is 3.76. The molecule has 0 aliphatic carbocycles. The smallest absolute Gasteiger partial charge is 0.335 e. The van der Waals surface area contributed by atoms with Crippen molar-refractivity contribution < 1.29 is 19.7 Å². The minimum atomic E-state index is -1.01. The van der Waals surface area contributed by atoms with Crippen molar-refractivity contribution in [3.8, 4) is 11.6 Å². The normalized spacial score (nSPS) is 10.3. The van der Waals surface area contributed by atoms with E-state index in [-0.39, 0.29) is 17.2 Å². The topological polar surface area (TPSA) is 95.8 Å². The maximum absolute atomic E-state index is 11.3. The van der Waals surface area contributed by atoms with E-state index in [0.29, 0.717) is 18.1 Å². The van der Waals surface area contributed by atoms with Gasteiger partial charge in [0.1, 0.15) is 5.82 Å². The molecule has 0 aliphatic heterocycles. The second-order valence-electron chi connectivity index (χ2n) is 5.50. The Morgan fingerprint density at radius 2 is 2.04 bits per heavy atom. The highest BCUT2D eigenvalue weighted by Gasteiger charge is 2.16. The van der Waals surface area contributed by atoms with E-state index < -0.39 is 5.97 Å². The van der Waals surface area contributed by atoms with E-state index in [1.54, 1.807) is 36.7 Å². The first-order valence-corrected chi connectivity index (χ1v) is 7.82. The Hall–Kier alpha value is -3.61. The average Bonchev–Trinajstić information content (AvgIpc) is 2.67. The Morgan fingerprint density at radius 1 is 1.19 bits per heavy atom. The van der Waals surface area contributed by atoms with Gasteiger partial charge in [-0.05, 0) is 42.0 Å². The fraction of sp³-hybridized carbons (Fsp3) is 0.105. The van der Waals surface area contributed by atoms with Crippen molar-refractivity contribution >= 4 is 17.5 Å². The molecule has 0 spiro atoms. The number of hydrogen-bond acceptors (Lipinski definition) is 6. The lowest BCUT2D eigenvalue weighted by Gasteiger charge is -2.24. The van der Waals surface area contributed by atoms with Crippen LogP contribution in [-0.4, -0.2) is 33.3 Å². The van der Waals surface area contributed by atoms with Gasteiger partial charge in [-0.1, -0.05) is 12.1 Å². The van der Waals surface area contributed by atoms with Crippen molar-refractivity contribution in [2.24, 2.45) is 0 Å². The molecule has 3 aromatic rings. The number of carboxylic acids is 1. The molecule has 3 rings (SSSR count). The summed E-state index contributed by atoms with van der Waals surface area (Å²) in [6.07, 6.45) is 3.41. The van der Waals surface area contributed by atoms with Crippen LogP contribution in [0, 0.1) is 0 Å². The second-order valence-corrected chi connectivity index (χ2v) is 5.50. The minimum absolute atomic E-state index is 0.0723. The molecule has 0 aliphatic rings. The average molecular weight is 351 g/mol. The van der Waals surface area contributed by atoms with E-state index in [4.69, 9.17) is 4.74 Å². The van der Waals surface area contributed by atoms with Crippen LogP contribution in [0.15, 0.2) is 60.9 Å². The fourth-order valence-electron chi connectivity index (χ4n) is 2.51. The summed E-state index contributed by atoms with van der Waals surface area (Å²) in [7, 11) is 1.42. The van der Waals surface area contributed by atoms with Crippen LogP contribution in [0.4, 0.5) is 11.5 Å². The van der Waals surface area contributed by atoms with E-state index >= 15 is 0 Å². The number of anilines is 2. The van der Waals surface area contributed by atoms with Gasteiger partial charge in [0.2, 0.25) is 0 Å². The molecule has 2 heterocycles. The summed E-state index contributed by atoms with van der Waals surface area (Å²) in [6, 6.07) is 13.4. The SMILES string of the molecule is COc1nc(N(Cc2cccnc2)c2cccc(C(=O)O)c2)ccc1O. The predicted octanol–water partition coefficient (Wildman–Crippen LogP) is 3.23. The summed E-state index contributed by atoms with van der Waals surface area (Å²) in [6.45, 7) is 0.415. The van der Waals surface area contributed by atoms with Gasteiger partial charge in [0.15, 0.2) is 5.75 Å². The number of methoxy groups -OCH3 is 1. The molecule has 26 heavy (non-hydrogen) atoms. The number of hydrogen-bond donors (Lipinski definition) is 2. The van der Waals surface area contributed by atoms with Crippen molar-refractivity contribution in [2.45, 2.75) is 6.54 Å². The highest BCUT2D eigenvalue weighted by molar-refractivity contribution is 5.89. The van der Waals surface area contributed by atoms with Crippen LogP contribution >= 0.6 is 0 Å². The molecule has 1 aromatic carbocycles. The number of carbonyl (C=O) groups is 1. The third kappa shape index (κ3) is 3.72. The molecule has 7 nitrogen and oxygen atoms in total. The number of pyridine rings is 2. The highest BCUT2D eigenvalue weighted by Crippen LogP contribution is 2.31. The van der Waals surface area contributed by atoms with Gasteiger partial charge in [-0.25, -0.2) is 4.79 Å². The first-order chi connectivity index (χ1) is 12.6. The van der Waals surface area contributed by atoms with E-state index in [9.17, 15) is 15.0 Å². The number of aromatic hydroxyl groups is 1. The molecule has 0 bridgehead atoms. The summed E-state index contributed by atoms with van der Waals surface area (Å²) in [5.41, 5.74) is 1.74. The van der Waals surface area contributed by atoms with E-state index in [0.717, 1.165) is 5.56 Å². The van der Waals surface area contributed by atoms with Crippen LogP contribution in [0.2, 0.25) is 0 Å². The Kier molecular flexibility index (Phi) is 4.98. The van der Waals surface area contributed by atoms with Gasteiger partial charge >= 0.3 is 5.97 Å². The number of carboxylic acid groups (broad SMARTS) is 1. The van der Waals surface area contributed by atoms with Gasteiger partial charge in [0.05, 0.1) is 19.2 Å². The molecule has 0 atom stereocenters. The lowest BCUT2D eigenvalue weighted by molar-refractivity contribution is 0.0697. The zero-order valence-corrected chi connectivity index (χ0v) is 14.0. The first-order valence-electron chi connectivity index (χ1n) is 7.82. The fourth-order valence-corrected chi connectivity index (χ4v) is 2.51. The Labute approximate surface area is 150 Å². The van der Waals surface area contributed by atoms with Gasteiger partial charge in [-0.15, -0.1) is 0 Å². The molecule has 0 radical (unpaired) electrons. The predicted molar refractivity (Wildman–Crippen MR) is 95.9 cm³/mol. The van der Waals surface area contributed by atoms with Gasteiger partial charge in [0.25, 0.3) is 5.88 Å². The van der Waals surface area contributed by atoms with Gasteiger partial charge < -0.3 is 19.8 Å². The molecule has 0 saturated carbocycles. The lowest BCUT2D eigenvalue weighted by atomic mass is 10.1. The Bertz CT molecular complexity index is 916. The standard InChI is InChI=1S/C19H17N3O4/c1-26-18-16(23)7-8-17(21-18)22(12-13-4-3-9-20-11-13)15-6-2-5-14(10-15)19(24)25/h2-11,23H,12H2,1H3,(H,24,25). The summed E-state index contributed by atoms with van der Waals surface area (Å²) in [5.74, 6) is -0.486. The molecule has 0 unspecified atom stereocenters. The third-order valence-electron chi connectivity index (χ3n) is 3.76. The summed E-state index contributed by atoms with van der Waals surface area (Å²) in [4.78, 5) is 21.6. The zero-order chi connectivity index (χ0) is 18.5. The van der Waals surface area contributed by atoms with Crippen molar-refractivity contribution in [1.82, 2.24) is 9.97 Å². The van der Waals surface area contributed by atoms with Crippen LogP contribution < -0.4 is 9.64 Å². The van der Waals surface area contributed by atoms with Crippen molar-refractivity contribution in [3.63, 3.8) is 0 Å². The number of aromatic nitrogens is 2. The molecule has 2 N–H and O–H groups in total. The molecular weight excluding hydrogens is 334 g/mol.